The highest BCUT2D eigenvalue weighted by Crippen LogP contribution is 2.12. The van der Waals surface area contributed by atoms with E-state index in [-0.39, 0.29) is 0 Å². The summed E-state index contributed by atoms with van der Waals surface area (Å²) in [6.45, 7) is 2.59. The second kappa shape index (κ2) is 4.53. The topological polar surface area (TPSA) is 38.6 Å². The van der Waals surface area contributed by atoms with Crippen LogP contribution in [0.4, 0.5) is 0 Å². The normalized spacial score (nSPS) is 21.6. The van der Waals surface area contributed by atoms with E-state index in [0.717, 1.165) is 36.8 Å². The number of nitrogens with zero attached hydrogens (tertiary/aromatic N) is 2. The van der Waals surface area contributed by atoms with Crippen molar-refractivity contribution in [3.05, 3.63) is 23.5 Å². The Morgan fingerprint density at radius 2 is 2.62 bits per heavy atom. The number of fused-ring (bicyclic) bond motifs is 1. The molecule has 2 aromatic heterocycles. The fraction of sp³-hybridized carbons (Fsp3) is 0.545. The van der Waals surface area contributed by atoms with Crippen molar-refractivity contribution in [2.45, 2.75) is 25.4 Å². The first-order valence-corrected chi connectivity index (χ1v) is 6.52. The molecule has 1 atom stereocenters. The zero-order valence-corrected chi connectivity index (χ0v) is 9.87. The molecule has 0 spiro atoms. The molecule has 3 heterocycles. The Balaban J connectivity index is 1.59. The van der Waals surface area contributed by atoms with E-state index < -0.39 is 0 Å². The molecule has 0 saturated carbocycles. The first-order valence-electron chi connectivity index (χ1n) is 5.64. The van der Waals surface area contributed by atoms with Crippen molar-refractivity contribution in [2.75, 3.05) is 13.2 Å². The summed E-state index contributed by atoms with van der Waals surface area (Å²) in [5, 5.41) is 5.54. The second-order valence-corrected chi connectivity index (χ2v) is 4.99. The molecule has 5 heteroatoms. The number of thiazole rings is 1. The maximum absolute atomic E-state index is 5.43. The molecule has 3 rings (SSSR count). The zero-order valence-electron chi connectivity index (χ0n) is 9.06. The van der Waals surface area contributed by atoms with Crippen LogP contribution in [0, 0.1) is 0 Å². The van der Waals surface area contributed by atoms with E-state index in [1.807, 2.05) is 6.20 Å². The molecule has 0 amide bonds. The van der Waals surface area contributed by atoms with Gasteiger partial charge in [-0.05, 0) is 12.8 Å². The predicted molar refractivity (Wildman–Crippen MR) is 63.7 cm³/mol. The van der Waals surface area contributed by atoms with Crippen molar-refractivity contribution in [2.24, 2.45) is 0 Å². The van der Waals surface area contributed by atoms with E-state index >= 15 is 0 Å². The predicted octanol–water partition coefficient (Wildman–Crippen LogP) is 1.66. The van der Waals surface area contributed by atoms with Crippen molar-refractivity contribution in [1.29, 1.82) is 0 Å². The first kappa shape index (κ1) is 10.3. The van der Waals surface area contributed by atoms with E-state index in [9.17, 15) is 0 Å². The molecule has 1 aliphatic rings. The summed E-state index contributed by atoms with van der Waals surface area (Å²) in [6.07, 6.45) is 6.50. The largest absolute Gasteiger partial charge is 0.380 e. The minimum Gasteiger partial charge on any atom is -0.380 e. The lowest BCUT2D eigenvalue weighted by molar-refractivity contribution is 0.0698. The molecule has 1 fully saturated rings. The third-order valence-electron chi connectivity index (χ3n) is 2.88. The molecule has 4 nitrogen and oxygen atoms in total. The third-order valence-corrected chi connectivity index (χ3v) is 3.65. The lowest BCUT2D eigenvalue weighted by atomic mass is 10.1. The third kappa shape index (κ3) is 2.11. The van der Waals surface area contributed by atoms with Gasteiger partial charge in [0.2, 0.25) is 0 Å². The SMILES string of the molecule is c1cn2cc(CNC3CCCOC3)nc2s1. The second-order valence-electron chi connectivity index (χ2n) is 4.12. The van der Waals surface area contributed by atoms with Crippen LogP contribution in [-0.2, 0) is 11.3 Å². The van der Waals surface area contributed by atoms with Crippen LogP contribution in [0.15, 0.2) is 17.8 Å². The van der Waals surface area contributed by atoms with Gasteiger partial charge in [-0.3, -0.25) is 4.40 Å². The van der Waals surface area contributed by atoms with E-state index in [4.69, 9.17) is 4.74 Å². The Morgan fingerprint density at radius 3 is 3.44 bits per heavy atom. The zero-order chi connectivity index (χ0) is 10.8. The van der Waals surface area contributed by atoms with Crippen LogP contribution >= 0.6 is 11.3 Å². The van der Waals surface area contributed by atoms with Gasteiger partial charge in [0.15, 0.2) is 4.96 Å². The first-order chi connectivity index (χ1) is 7.92. The fourth-order valence-electron chi connectivity index (χ4n) is 2.01. The summed E-state index contributed by atoms with van der Waals surface area (Å²) >= 11 is 1.67. The average molecular weight is 237 g/mol. The lowest BCUT2D eigenvalue weighted by Crippen LogP contribution is -2.36. The molecular formula is C11H15N3OS. The summed E-state index contributed by atoms with van der Waals surface area (Å²) in [7, 11) is 0. The van der Waals surface area contributed by atoms with Gasteiger partial charge in [0.05, 0.1) is 12.3 Å². The molecule has 2 aromatic rings. The van der Waals surface area contributed by atoms with Gasteiger partial charge in [-0.1, -0.05) is 0 Å². The number of hydrogen-bond donors (Lipinski definition) is 1. The Morgan fingerprint density at radius 1 is 1.62 bits per heavy atom. The molecule has 0 aromatic carbocycles. The van der Waals surface area contributed by atoms with Crippen molar-refractivity contribution in [1.82, 2.24) is 14.7 Å². The quantitative estimate of drug-likeness (QED) is 0.882. The van der Waals surface area contributed by atoms with Crippen LogP contribution in [0.2, 0.25) is 0 Å². The molecule has 1 aliphatic heterocycles. The van der Waals surface area contributed by atoms with Crippen molar-refractivity contribution in [3.8, 4) is 0 Å². The maximum Gasteiger partial charge on any atom is 0.193 e. The smallest absolute Gasteiger partial charge is 0.193 e. The lowest BCUT2D eigenvalue weighted by Gasteiger charge is -2.22. The van der Waals surface area contributed by atoms with Gasteiger partial charge in [0.25, 0.3) is 0 Å². The van der Waals surface area contributed by atoms with Crippen LogP contribution in [0.25, 0.3) is 4.96 Å². The molecule has 86 valence electrons. The standard InChI is InChI=1S/C11H15N3OS/c1-2-9(8-15-4-1)12-6-10-7-14-3-5-16-11(14)13-10/h3,5,7,9,12H,1-2,4,6,8H2. The highest BCUT2D eigenvalue weighted by molar-refractivity contribution is 7.15. The van der Waals surface area contributed by atoms with Gasteiger partial charge in [0, 0.05) is 37.0 Å². The van der Waals surface area contributed by atoms with Gasteiger partial charge in [-0.2, -0.15) is 0 Å². The molecule has 1 N–H and O–H groups in total. The number of imidazole rings is 1. The van der Waals surface area contributed by atoms with E-state index in [2.05, 4.69) is 26.3 Å². The monoisotopic (exact) mass is 237 g/mol. The Hall–Kier alpha value is -0.910. The van der Waals surface area contributed by atoms with Crippen molar-refractivity contribution >= 4 is 16.3 Å². The van der Waals surface area contributed by atoms with Gasteiger partial charge in [-0.25, -0.2) is 4.98 Å². The van der Waals surface area contributed by atoms with E-state index in [0.29, 0.717) is 6.04 Å². The van der Waals surface area contributed by atoms with Gasteiger partial charge in [-0.15, -0.1) is 11.3 Å². The molecule has 1 unspecified atom stereocenters. The molecule has 0 radical (unpaired) electrons. The number of ether oxygens (including phenoxy) is 1. The molecule has 0 aliphatic carbocycles. The summed E-state index contributed by atoms with van der Waals surface area (Å²) < 4.78 is 7.50. The molecule has 1 saturated heterocycles. The highest BCUT2D eigenvalue weighted by atomic mass is 32.1. The van der Waals surface area contributed by atoms with E-state index in [1.54, 1.807) is 11.3 Å². The van der Waals surface area contributed by atoms with Crippen LogP contribution in [0.3, 0.4) is 0 Å². The van der Waals surface area contributed by atoms with Gasteiger partial charge >= 0.3 is 0 Å². The maximum atomic E-state index is 5.43. The van der Waals surface area contributed by atoms with Crippen LogP contribution < -0.4 is 5.32 Å². The molecule has 0 bridgehead atoms. The molecule has 16 heavy (non-hydrogen) atoms. The summed E-state index contributed by atoms with van der Waals surface area (Å²) in [4.78, 5) is 5.60. The van der Waals surface area contributed by atoms with Crippen LogP contribution in [0.5, 0.6) is 0 Å². The van der Waals surface area contributed by atoms with E-state index in [1.165, 1.54) is 6.42 Å². The number of nitrogens with one attached hydrogen (secondary N) is 1. The van der Waals surface area contributed by atoms with Crippen molar-refractivity contribution < 1.29 is 4.74 Å². The summed E-state index contributed by atoms with van der Waals surface area (Å²) in [5.41, 5.74) is 1.11. The van der Waals surface area contributed by atoms with Gasteiger partial charge in [0.1, 0.15) is 0 Å². The summed E-state index contributed by atoms with van der Waals surface area (Å²) in [6, 6.07) is 0.494. The van der Waals surface area contributed by atoms with Crippen LogP contribution in [0.1, 0.15) is 18.5 Å². The number of hydrogen-bond acceptors (Lipinski definition) is 4. The Bertz CT molecular complexity index is 430. The Labute approximate surface area is 98.3 Å². The van der Waals surface area contributed by atoms with Crippen molar-refractivity contribution in [3.63, 3.8) is 0 Å². The minimum atomic E-state index is 0.494. The van der Waals surface area contributed by atoms with Gasteiger partial charge < -0.3 is 10.1 Å². The number of rotatable bonds is 3. The Kier molecular flexibility index (Phi) is 2.90. The summed E-state index contributed by atoms with van der Waals surface area (Å²) in [5.74, 6) is 0. The van der Waals surface area contributed by atoms with Crippen LogP contribution in [-0.4, -0.2) is 28.6 Å². The fourth-order valence-corrected chi connectivity index (χ4v) is 2.73. The molecular weight excluding hydrogens is 222 g/mol. The minimum absolute atomic E-state index is 0.494. The number of aromatic nitrogens is 2. The average Bonchev–Trinajstić information content (AvgIpc) is 2.88. The highest BCUT2D eigenvalue weighted by Gasteiger charge is 2.13.